The molecule has 1 amide bonds. The van der Waals surface area contributed by atoms with Gasteiger partial charge in [0.1, 0.15) is 5.82 Å². The molecule has 126 valence electrons. The van der Waals surface area contributed by atoms with Crippen LogP contribution in [0.3, 0.4) is 0 Å². The highest BCUT2D eigenvalue weighted by atomic mass is 19.1. The quantitative estimate of drug-likeness (QED) is 0.830. The highest BCUT2D eigenvalue weighted by molar-refractivity contribution is 5.99. The van der Waals surface area contributed by atoms with Crippen molar-refractivity contribution >= 4 is 17.6 Å². The Morgan fingerprint density at radius 2 is 2.33 bits per heavy atom. The first-order chi connectivity index (χ1) is 11.6. The molecule has 24 heavy (non-hydrogen) atoms. The maximum atomic E-state index is 13.3. The Morgan fingerprint density at radius 3 is 3.12 bits per heavy atom. The van der Waals surface area contributed by atoms with E-state index >= 15 is 0 Å². The van der Waals surface area contributed by atoms with E-state index < -0.39 is 17.7 Å². The van der Waals surface area contributed by atoms with E-state index in [-0.39, 0.29) is 18.9 Å². The first-order valence-electron chi connectivity index (χ1n) is 7.59. The Kier molecular flexibility index (Phi) is 4.50. The molecule has 1 aliphatic heterocycles. The molecule has 0 saturated heterocycles. The SMILES string of the molecule is CCCn1nnnc1COC(=O)[C@@H]1CC(=O)Nc2cc(F)ccc21. The summed E-state index contributed by atoms with van der Waals surface area (Å²) in [6, 6.07) is 3.92. The van der Waals surface area contributed by atoms with Crippen LogP contribution in [0.5, 0.6) is 0 Å². The lowest BCUT2D eigenvalue weighted by molar-refractivity contribution is -0.148. The largest absolute Gasteiger partial charge is 0.457 e. The summed E-state index contributed by atoms with van der Waals surface area (Å²) in [5.74, 6) is -1.74. The highest BCUT2D eigenvalue weighted by Gasteiger charge is 2.32. The van der Waals surface area contributed by atoms with Crippen molar-refractivity contribution in [1.82, 2.24) is 20.2 Å². The Labute approximate surface area is 137 Å². The zero-order valence-electron chi connectivity index (χ0n) is 13.0. The van der Waals surface area contributed by atoms with Gasteiger partial charge in [0.05, 0.1) is 5.92 Å². The molecule has 8 nitrogen and oxygen atoms in total. The monoisotopic (exact) mass is 333 g/mol. The molecule has 0 fully saturated rings. The number of anilines is 1. The third-order valence-corrected chi connectivity index (χ3v) is 3.72. The molecular weight excluding hydrogens is 317 g/mol. The van der Waals surface area contributed by atoms with Gasteiger partial charge in [-0.05, 0) is 34.5 Å². The van der Waals surface area contributed by atoms with Gasteiger partial charge in [0.2, 0.25) is 5.91 Å². The zero-order chi connectivity index (χ0) is 17.1. The second kappa shape index (κ2) is 6.73. The summed E-state index contributed by atoms with van der Waals surface area (Å²) >= 11 is 0. The molecule has 9 heteroatoms. The molecule has 2 aromatic rings. The molecule has 1 N–H and O–H groups in total. The molecule has 1 aromatic heterocycles. The number of nitrogens with zero attached hydrogens (tertiary/aromatic N) is 4. The van der Waals surface area contributed by atoms with E-state index in [1.165, 1.54) is 18.2 Å². The summed E-state index contributed by atoms with van der Waals surface area (Å²) in [7, 11) is 0. The van der Waals surface area contributed by atoms with Crippen molar-refractivity contribution < 1.29 is 18.7 Å². The van der Waals surface area contributed by atoms with Crippen LogP contribution in [0.25, 0.3) is 0 Å². The topological polar surface area (TPSA) is 99.0 Å². The van der Waals surface area contributed by atoms with Gasteiger partial charge in [0.15, 0.2) is 12.4 Å². The number of ether oxygens (including phenoxy) is 1. The van der Waals surface area contributed by atoms with Crippen LogP contribution in [-0.4, -0.2) is 32.1 Å². The standard InChI is InChI=1S/C15H16FN5O3/c1-2-5-21-13(18-19-20-21)8-24-15(23)11-7-14(22)17-12-6-9(16)3-4-10(11)12/h3-4,6,11H,2,5,7-8H2,1H3,(H,17,22)/t11-/m1/s1. The summed E-state index contributed by atoms with van der Waals surface area (Å²) < 4.78 is 20.1. The number of aromatic nitrogens is 4. The smallest absolute Gasteiger partial charge is 0.314 e. The number of rotatable bonds is 5. The molecule has 1 aromatic carbocycles. The molecule has 2 heterocycles. The normalized spacial score (nSPS) is 16.4. The van der Waals surface area contributed by atoms with Gasteiger partial charge < -0.3 is 10.1 Å². The molecule has 0 aliphatic carbocycles. The summed E-state index contributed by atoms with van der Waals surface area (Å²) in [5, 5.41) is 13.7. The molecule has 0 radical (unpaired) electrons. The van der Waals surface area contributed by atoms with E-state index in [1.807, 2.05) is 6.92 Å². The van der Waals surface area contributed by atoms with E-state index in [0.717, 1.165) is 6.42 Å². The van der Waals surface area contributed by atoms with Crippen LogP contribution in [-0.2, 0) is 27.5 Å². The first kappa shape index (κ1) is 16.0. The van der Waals surface area contributed by atoms with Crippen molar-refractivity contribution in [3.05, 3.63) is 35.4 Å². The lowest BCUT2D eigenvalue weighted by Gasteiger charge is -2.24. The second-order valence-electron chi connectivity index (χ2n) is 5.46. The lowest BCUT2D eigenvalue weighted by atomic mass is 9.90. The van der Waals surface area contributed by atoms with Gasteiger partial charge in [0, 0.05) is 18.7 Å². The highest BCUT2D eigenvalue weighted by Crippen LogP contribution is 2.33. The van der Waals surface area contributed by atoms with Gasteiger partial charge in [0.25, 0.3) is 0 Å². The molecule has 0 unspecified atom stereocenters. The first-order valence-corrected chi connectivity index (χ1v) is 7.59. The second-order valence-corrected chi connectivity index (χ2v) is 5.46. The van der Waals surface area contributed by atoms with Crippen molar-refractivity contribution in [1.29, 1.82) is 0 Å². The van der Waals surface area contributed by atoms with Crippen LogP contribution in [0.4, 0.5) is 10.1 Å². The molecule has 1 atom stereocenters. The van der Waals surface area contributed by atoms with Crippen molar-refractivity contribution in [3.63, 3.8) is 0 Å². The van der Waals surface area contributed by atoms with E-state index in [4.69, 9.17) is 4.74 Å². The van der Waals surface area contributed by atoms with Gasteiger partial charge in [-0.1, -0.05) is 13.0 Å². The number of esters is 1. The van der Waals surface area contributed by atoms with Gasteiger partial charge in [-0.15, -0.1) is 5.10 Å². The Balaban J connectivity index is 1.73. The maximum absolute atomic E-state index is 13.3. The minimum absolute atomic E-state index is 0.0443. The Morgan fingerprint density at radius 1 is 1.50 bits per heavy atom. The fourth-order valence-corrected chi connectivity index (χ4v) is 2.60. The Bertz CT molecular complexity index is 776. The molecule has 0 spiro atoms. The number of tetrazole rings is 1. The van der Waals surface area contributed by atoms with Crippen molar-refractivity contribution in [2.45, 2.75) is 38.8 Å². The minimum atomic E-state index is -0.773. The number of fused-ring (bicyclic) bond motifs is 1. The van der Waals surface area contributed by atoms with Gasteiger partial charge >= 0.3 is 5.97 Å². The van der Waals surface area contributed by atoms with Gasteiger partial charge in [-0.2, -0.15) is 0 Å². The molecule has 0 saturated carbocycles. The van der Waals surface area contributed by atoms with Crippen molar-refractivity contribution in [2.75, 3.05) is 5.32 Å². The van der Waals surface area contributed by atoms with Crippen LogP contribution in [0, 0.1) is 5.82 Å². The number of hydrogen-bond acceptors (Lipinski definition) is 6. The van der Waals surface area contributed by atoms with Gasteiger partial charge in [-0.25, -0.2) is 9.07 Å². The van der Waals surface area contributed by atoms with Crippen LogP contribution >= 0.6 is 0 Å². The summed E-state index contributed by atoms with van der Waals surface area (Å²) in [6.07, 6.45) is 0.797. The number of benzene rings is 1. The predicted molar refractivity (Wildman–Crippen MR) is 80.3 cm³/mol. The molecule has 1 aliphatic rings. The van der Waals surface area contributed by atoms with Crippen LogP contribution in [0.15, 0.2) is 18.2 Å². The maximum Gasteiger partial charge on any atom is 0.314 e. The summed E-state index contributed by atoms with van der Waals surface area (Å²) in [4.78, 5) is 24.1. The van der Waals surface area contributed by atoms with E-state index in [1.54, 1.807) is 4.68 Å². The number of carbonyl (C=O) groups is 2. The van der Waals surface area contributed by atoms with Crippen LogP contribution in [0.2, 0.25) is 0 Å². The van der Waals surface area contributed by atoms with Crippen molar-refractivity contribution in [3.8, 4) is 0 Å². The fourth-order valence-electron chi connectivity index (χ4n) is 2.60. The fraction of sp³-hybridized carbons (Fsp3) is 0.400. The third kappa shape index (κ3) is 3.24. The van der Waals surface area contributed by atoms with E-state index in [9.17, 15) is 14.0 Å². The van der Waals surface area contributed by atoms with Crippen LogP contribution < -0.4 is 5.32 Å². The number of amides is 1. The number of halogens is 1. The minimum Gasteiger partial charge on any atom is -0.457 e. The molecule has 3 rings (SSSR count). The molecule has 0 bridgehead atoms. The van der Waals surface area contributed by atoms with Crippen molar-refractivity contribution in [2.24, 2.45) is 0 Å². The average molecular weight is 333 g/mol. The van der Waals surface area contributed by atoms with Gasteiger partial charge in [-0.3, -0.25) is 9.59 Å². The average Bonchev–Trinajstić information content (AvgIpc) is 2.99. The summed E-state index contributed by atoms with van der Waals surface area (Å²) in [5.41, 5.74) is 0.832. The number of nitrogens with one attached hydrogen (secondary N) is 1. The molecular formula is C15H16FN5O3. The number of hydrogen-bond donors (Lipinski definition) is 1. The zero-order valence-corrected chi connectivity index (χ0v) is 13.0. The van der Waals surface area contributed by atoms with E-state index in [0.29, 0.717) is 23.6 Å². The predicted octanol–water partition coefficient (Wildman–Crippen LogP) is 1.39. The van der Waals surface area contributed by atoms with Crippen LogP contribution in [0.1, 0.15) is 37.1 Å². The Hall–Kier alpha value is -2.84. The lowest BCUT2D eigenvalue weighted by Crippen LogP contribution is -2.28. The van der Waals surface area contributed by atoms with E-state index in [2.05, 4.69) is 20.8 Å². The number of aryl methyl sites for hydroxylation is 1. The summed E-state index contributed by atoms with van der Waals surface area (Å²) in [6.45, 7) is 2.52. The third-order valence-electron chi connectivity index (χ3n) is 3.72. The number of carbonyl (C=O) groups excluding carboxylic acids is 2.